The first-order valence-corrected chi connectivity index (χ1v) is 8.96. The number of anilines is 1. The number of ether oxygens (including phenoxy) is 1. The quantitative estimate of drug-likeness (QED) is 0.864. The monoisotopic (exact) mass is 346 g/mol. The second-order valence-corrected chi connectivity index (χ2v) is 6.81. The fourth-order valence-electron chi connectivity index (χ4n) is 2.99. The van der Waals surface area contributed by atoms with Crippen LogP contribution in [0.15, 0.2) is 29.2 Å². The van der Waals surface area contributed by atoms with E-state index in [0.29, 0.717) is 13.0 Å². The molecule has 1 saturated heterocycles. The lowest BCUT2D eigenvalue weighted by atomic mass is 10.2. The highest BCUT2D eigenvalue weighted by Gasteiger charge is 2.33. The van der Waals surface area contributed by atoms with E-state index in [1.807, 2.05) is 29.8 Å². The summed E-state index contributed by atoms with van der Waals surface area (Å²) >= 11 is 1.61. The molecule has 1 amide bonds. The Morgan fingerprint density at radius 3 is 3.08 bits per heavy atom. The van der Waals surface area contributed by atoms with Gasteiger partial charge in [0, 0.05) is 32.0 Å². The zero-order valence-corrected chi connectivity index (χ0v) is 14.8. The van der Waals surface area contributed by atoms with Crippen LogP contribution in [0.4, 0.5) is 5.82 Å². The van der Waals surface area contributed by atoms with Crippen LogP contribution >= 0.6 is 11.3 Å². The summed E-state index contributed by atoms with van der Waals surface area (Å²) in [4.78, 5) is 22.9. The molecule has 3 rings (SSSR count). The maximum absolute atomic E-state index is 12.1. The first-order chi connectivity index (χ1) is 11.7. The molecular formula is C17H22N4O2S. The van der Waals surface area contributed by atoms with Gasteiger partial charge in [-0.1, -0.05) is 0 Å². The van der Waals surface area contributed by atoms with E-state index in [2.05, 4.69) is 20.2 Å². The second kappa shape index (κ2) is 7.72. The van der Waals surface area contributed by atoms with Gasteiger partial charge in [-0.25, -0.2) is 9.97 Å². The van der Waals surface area contributed by atoms with Gasteiger partial charge in [-0.15, -0.1) is 0 Å². The molecule has 1 aliphatic rings. The molecule has 2 atom stereocenters. The lowest BCUT2D eigenvalue weighted by Gasteiger charge is -2.25. The number of nitrogens with zero attached hydrogens (tertiary/aromatic N) is 3. The Hall–Kier alpha value is -1.99. The van der Waals surface area contributed by atoms with E-state index in [1.165, 1.54) is 0 Å². The standard InChI is InChI=1S/C17H22N4O2S/c1-12-5-16(20-11-19-12)21-9-15(23-2)7-14(21)8-18-17(22)6-13-3-4-24-10-13/h3-5,10-11,14-15H,6-9H2,1-2H3,(H,18,22)/t14-,15-/m0/s1. The van der Waals surface area contributed by atoms with E-state index in [4.69, 9.17) is 4.74 Å². The molecule has 0 saturated carbocycles. The number of aryl methyl sites for hydroxylation is 1. The van der Waals surface area contributed by atoms with Crippen molar-refractivity contribution in [2.24, 2.45) is 0 Å². The van der Waals surface area contributed by atoms with Gasteiger partial charge >= 0.3 is 0 Å². The summed E-state index contributed by atoms with van der Waals surface area (Å²) in [5.74, 6) is 0.937. The average Bonchev–Trinajstić information content (AvgIpc) is 3.22. The summed E-state index contributed by atoms with van der Waals surface area (Å²) in [6.45, 7) is 3.32. The van der Waals surface area contributed by atoms with Crippen molar-refractivity contribution >= 4 is 23.1 Å². The van der Waals surface area contributed by atoms with Crippen molar-refractivity contribution in [3.8, 4) is 0 Å². The molecule has 128 valence electrons. The minimum absolute atomic E-state index is 0.0492. The van der Waals surface area contributed by atoms with Crippen LogP contribution in [-0.4, -0.2) is 48.2 Å². The Bertz CT molecular complexity index is 677. The predicted octanol–water partition coefficient (Wildman–Crippen LogP) is 1.80. The van der Waals surface area contributed by atoms with Crippen molar-refractivity contribution in [3.63, 3.8) is 0 Å². The highest BCUT2D eigenvalue weighted by atomic mass is 32.1. The summed E-state index contributed by atoms with van der Waals surface area (Å²) < 4.78 is 5.52. The molecule has 2 aromatic rings. The Balaban J connectivity index is 1.62. The lowest BCUT2D eigenvalue weighted by molar-refractivity contribution is -0.120. The van der Waals surface area contributed by atoms with E-state index in [1.54, 1.807) is 24.8 Å². The SMILES string of the molecule is CO[C@H]1C[C@@H](CNC(=O)Cc2ccsc2)N(c2cc(C)ncn2)C1. The summed E-state index contributed by atoms with van der Waals surface area (Å²) in [5, 5.41) is 7.04. The van der Waals surface area contributed by atoms with Crippen LogP contribution in [0.5, 0.6) is 0 Å². The molecule has 0 unspecified atom stereocenters. The minimum Gasteiger partial charge on any atom is -0.380 e. The second-order valence-electron chi connectivity index (χ2n) is 6.03. The molecule has 0 bridgehead atoms. The Labute approximate surface area is 145 Å². The van der Waals surface area contributed by atoms with Gasteiger partial charge in [0.25, 0.3) is 0 Å². The van der Waals surface area contributed by atoms with E-state index in [9.17, 15) is 4.79 Å². The molecule has 6 nitrogen and oxygen atoms in total. The Morgan fingerprint density at radius 2 is 2.38 bits per heavy atom. The van der Waals surface area contributed by atoms with Gasteiger partial charge in [0.05, 0.1) is 18.6 Å². The summed E-state index contributed by atoms with van der Waals surface area (Å²) in [7, 11) is 1.73. The van der Waals surface area contributed by atoms with E-state index in [-0.39, 0.29) is 18.1 Å². The molecule has 0 radical (unpaired) electrons. The number of hydrogen-bond acceptors (Lipinski definition) is 6. The molecule has 2 aromatic heterocycles. The topological polar surface area (TPSA) is 67.3 Å². The van der Waals surface area contributed by atoms with E-state index < -0.39 is 0 Å². The van der Waals surface area contributed by atoms with Crippen molar-refractivity contribution < 1.29 is 9.53 Å². The number of hydrogen-bond donors (Lipinski definition) is 1. The van der Waals surface area contributed by atoms with Gasteiger partial charge in [-0.3, -0.25) is 4.79 Å². The van der Waals surface area contributed by atoms with Crippen LogP contribution in [0.2, 0.25) is 0 Å². The number of amides is 1. The minimum atomic E-state index is 0.0492. The number of thiophene rings is 1. The number of aromatic nitrogens is 2. The van der Waals surface area contributed by atoms with Crippen molar-refractivity contribution in [1.82, 2.24) is 15.3 Å². The number of carbonyl (C=O) groups excluding carboxylic acids is 1. The van der Waals surface area contributed by atoms with Crippen LogP contribution in [0, 0.1) is 6.92 Å². The third-order valence-corrected chi connectivity index (χ3v) is 5.00. The first-order valence-electron chi connectivity index (χ1n) is 8.01. The van der Waals surface area contributed by atoms with Gasteiger partial charge in [0.15, 0.2) is 0 Å². The Morgan fingerprint density at radius 1 is 1.50 bits per heavy atom. The van der Waals surface area contributed by atoms with E-state index >= 15 is 0 Å². The number of carbonyl (C=O) groups is 1. The van der Waals surface area contributed by atoms with Gasteiger partial charge in [0.1, 0.15) is 12.1 Å². The maximum Gasteiger partial charge on any atom is 0.224 e. The number of rotatable bonds is 6. The zero-order valence-electron chi connectivity index (χ0n) is 13.9. The average molecular weight is 346 g/mol. The molecule has 1 fully saturated rings. The fraction of sp³-hybridized carbons (Fsp3) is 0.471. The Kier molecular flexibility index (Phi) is 5.42. The smallest absolute Gasteiger partial charge is 0.224 e. The third kappa shape index (κ3) is 4.10. The van der Waals surface area contributed by atoms with Gasteiger partial charge in [-0.05, 0) is 35.7 Å². The van der Waals surface area contributed by atoms with Gasteiger partial charge < -0.3 is 15.0 Å². The van der Waals surface area contributed by atoms with Crippen LogP contribution in [0.1, 0.15) is 17.7 Å². The lowest BCUT2D eigenvalue weighted by Crippen LogP contribution is -2.41. The maximum atomic E-state index is 12.1. The first kappa shape index (κ1) is 16.9. The van der Waals surface area contributed by atoms with Crippen LogP contribution in [0.25, 0.3) is 0 Å². The molecule has 3 heterocycles. The molecule has 0 aliphatic carbocycles. The summed E-state index contributed by atoms with van der Waals surface area (Å²) in [6, 6.07) is 4.13. The van der Waals surface area contributed by atoms with E-state index in [0.717, 1.165) is 30.0 Å². The van der Waals surface area contributed by atoms with Crippen molar-refractivity contribution in [2.75, 3.05) is 25.1 Å². The summed E-state index contributed by atoms with van der Waals surface area (Å²) in [6.07, 6.45) is 3.03. The van der Waals surface area contributed by atoms with Crippen LogP contribution < -0.4 is 10.2 Å². The van der Waals surface area contributed by atoms with Gasteiger partial charge in [-0.2, -0.15) is 11.3 Å². The number of nitrogens with one attached hydrogen (secondary N) is 1. The largest absolute Gasteiger partial charge is 0.380 e. The van der Waals surface area contributed by atoms with Crippen molar-refractivity contribution in [1.29, 1.82) is 0 Å². The molecule has 0 spiro atoms. The van der Waals surface area contributed by atoms with Crippen molar-refractivity contribution in [2.45, 2.75) is 31.9 Å². The molecule has 24 heavy (non-hydrogen) atoms. The fourth-order valence-corrected chi connectivity index (χ4v) is 3.66. The van der Waals surface area contributed by atoms with Gasteiger partial charge in [0.2, 0.25) is 5.91 Å². The van der Waals surface area contributed by atoms with Crippen molar-refractivity contribution in [3.05, 3.63) is 40.5 Å². The number of methoxy groups -OCH3 is 1. The third-order valence-electron chi connectivity index (χ3n) is 4.27. The molecule has 0 aromatic carbocycles. The van der Waals surface area contributed by atoms with Crippen LogP contribution in [0.3, 0.4) is 0 Å². The molecule has 1 N–H and O–H groups in total. The normalized spacial score (nSPS) is 20.3. The van der Waals surface area contributed by atoms with Crippen LogP contribution in [-0.2, 0) is 16.0 Å². The highest BCUT2D eigenvalue weighted by molar-refractivity contribution is 7.07. The zero-order chi connectivity index (χ0) is 16.9. The molecular weight excluding hydrogens is 324 g/mol. The molecule has 1 aliphatic heterocycles. The summed E-state index contributed by atoms with van der Waals surface area (Å²) in [5.41, 5.74) is 1.99. The highest BCUT2D eigenvalue weighted by Crippen LogP contribution is 2.25. The molecule has 7 heteroatoms. The predicted molar refractivity (Wildman–Crippen MR) is 94.3 cm³/mol.